The molecule has 7 nitrogen and oxygen atoms in total. The van der Waals surface area contributed by atoms with Crippen LogP contribution in [0.4, 0.5) is 0 Å². The minimum absolute atomic E-state index is 0.00900. The molecule has 0 aromatic carbocycles. The number of carbonyl (C=O) groups is 1. The molecular weight excluding hydrogens is 320 g/mol. The van der Waals surface area contributed by atoms with Crippen LogP contribution in [0.1, 0.15) is 35.3 Å². The number of aromatic amines is 1. The van der Waals surface area contributed by atoms with Crippen LogP contribution in [-0.2, 0) is 16.1 Å². The fourth-order valence-corrected chi connectivity index (χ4v) is 3.62. The fraction of sp³-hybridized carbons (Fsp3) is 0.500. The average Bonchev–Trinajstić information content (AvgIpc) is 3.32. The van der Waals surface area contributed by atoms with E-state index < -0.39 is 0 Å². The van der Waals surface area contributed by atoms with Gasteiger partial charge in [0.05, 0.1) is 24.9 Å². The largest absolute Gasteiger partial charge is 0.372 e. The molecular formula is C18H22N4O3. The normalized spacial score (nSPS) is 22.4. The van der Waals surface area contributed by atoms with Crippen LogP contribution in [0.25, 0.3) is 0 Å². The standard InChI is InChI=1S/C18H22N4O3/c23-17(16-3-7-20-21-16)22-8-4-18(5-9-22)10-15(13-25-18)24-12-14-2-1-6-19-11-14/h1-3,6-7,11,15H,4-5,8-10,12-13H2,(H,20,21)/t15-/m1/s1. The minimum atomic E-state index is -0.148. The number of piperidine rings is 1. The van der Waals surface area contributed by atoms with Crippen molar-refractivity contribution in [1.82, 2.24) is 20.1 Å². The van der Waals surface area contributed by atoms with E-state index in [1.807, 2.05) is 23.2 Å². The zero-order valence-corrected chi connectivity index (χ0v) is 14.1. The summed E-state index contributed by atoms with van der Waals surface area (Å²) in [6.45, 7) is 2.58. The lowest BCUT2D eigenvalue weighted by atomic mass is 9.88. The predicted molar refractivity (Wildman–Crippen MR) is 89.8 cm³/mol. The summed E-state index contributed by atoms with van der Waals surface area (Å²) in [5.74, 6) is 0.00900. The number of amides is 1. The molecule has 1 amide bonds. The third-order valence-electron chi connectivity index (χ3n) is 5.08. The van der Waals surface area contributed by atoms with Crippen molar-refractivity contribution in [2.45, 2.75) is 37.6 Å². The Hall–Kier alpha value is -2.25. The number of H-pyrrole nitrogens is 1. The van der Waals surface area contributed by atoms with Crippen LogP contribution in [0, 0.1) is 0 Å². The highest BCUT2D eigenvalue weighted by molar-refractivity contribution is 5.92. The monoisotopic (exact) mass is 342 g/mol. The number of aromatic nitrogens is 3. The lowest BCUT2D eigenvalue weighted by molar-refractivity contribution is -0.0413. The molecule has 0 unspecified atom stereocenters. The molecule has 2 aromatic rings. The van der Waals surface area contributed by atoms with Crippen LogP contribution >= 0.6 is 0 Å². The Morgan fingerprint density at radius 1 is 1.36 bits per heavy atom. The Morgan fingerprint density at radius 3 is 2.96 bits per heavy atom. The van der Waals surface area contributed by atoms with Crippen molar-refractivity contribution < 1.29 is 14.3 Å². The molecule has 132 valence electrons. The first-order valence-electron chi connectivity index (χ1n) is 8.67. The van der Waals surface area contributed by atoms with Gasteiger partial charge in [-0.3, -0.25) is 14.9 Å². The predicted octanol–water partition coefficient (Wildman–Crippen LogP) is 1.79. The summed E-state index contributed by atoms with van der Waals surface area (Å²) in [5, 5.41) is 6.58. The molecule has 1 N–H and O–H groups in total. The second-order valence-corrected chi connectivity index (χ2v) is 6.75. The Bertz CT molecular complexity index is 696. The Morgan fingerprint density at radius 2 is 2.24 bits per heavy atom. The van der Waals surface area contributed by atoms with Crippen molar-refractivity contribution in [1.29, 1.82) is 0 Å². The van der Waals surface area contributed by atoms with Gasteiger partial charge in [0, 0.05) is 38.1 Å². The van der Waals surface area contributed by atoms with Gasteiger partial charge in [-0.05, 0) is 30.5 Å². The Balaban J connectivity index is 1.28. The Labute approximate surface area is 146 Å². The molecule has 1 atom stereocenters. The molecule has 0 saturated carbocycles. The molecule has 2 fully saturated rings. The van der Waals surface area contributed by atoms with Gasteiger partial charge in [-0.15, -0.1) is 0 Å². The highest BCUT2D eigenvalue weighted by Crippen LogP contribution is 2.37. The molecule has 25 heavy (non-hydrogen) atoms. The van der Waals surface area contributed by atoms with Crippen molar-refractivity contribution in [3.63, 3.8) is 0 Å². The van der Waals surface area contributed by atoms with Crippen molar-refractivity contribution in [2.75, 3.05) is 19.7 Å². The van der Waals surface area contributed by atoms with Crippen molar-refractivity contribution in [3.8, 4) is 0 Å². The van der Waals surface area contributed by atoms with Gasteiger partial charge in [0.25, 0.3) is 5.91 Å². The van der Waals surface area contributed by atoms with E-state index in [4.69, 9.17) is 9.47 Å². The van der Waals surface area contributed by atoms with Crippen LogP contribution in [0.3, 0.4) is 0 Å². The van der Waals surface area contributed by atoms with Gasteiger partial charge in [-0.2, -0.15) is 5.10 Å². The van der Waals surface area contributed by atoms with Gasteiger partial charge < -0.3 is 14.4 Å². The zero-order chi connectivity index (χ0) is 17.1. The molecule has 0 aliphatic carbocycles. The number of likely N-dealkylation sites (tertiary alicyclic amines) is 1. The zero-order valence-electron chi connectivity index (χ0n) is 14.1. The molecule has 2 saturated heterocycles. The van der Waals surface area contributed by atoms with E-state index in [2.05, 4.69) is 15.2 Å². The molecule has 2 aromatic heterocycles. The Kier molecular flexibility index (Phi) is 4.50. The first-order chi connectivity index (χ1) is 12.2. The fourth-order valence-electron chi connectivity index (χ4n) is 3.62. The van der Waals surface area contributed by atoms with Crippen LogP contribution < -0.4 is 0 Å². The van der Waals surface area contributed by atoms with Crippen molar-refractivity contribution in [2.24, 2.45) is 0 Å². The lowest BCUT2D eigenvalue weighted by Crippen LogP contribution is -2.46. The van der Waals surface area contributed by atoms with Gasteiger partial charge in [-0.1, -0.05) is 6.07 Å². The van der Waals surface area contributed by atoms with Gasteiger partial charge >= 0.3 is 0 Å². The summed E-state index contributed by atoms with van der Waals surface area (Å²) >= 11 is 0. The molecule has 4 rings (SSSR count). The number of hydrogen-bond acceptors (Lipinski definition) is 5. The summed E-state index contributed by atoms with van der Waals surface area (Å²) in [6.07, 6.45) is 7.87. The van der Waals surface area contributed by atoms with Gasteiger partial charge in [0.15, 0.2) is 0 Å². The summed E-state index contributed by atoms with van der Waals surface area (Å²) in [4.78, 5) is 18.3. The molecule has 4 heterocycles. The summed E-state index contributed by atoms with van der Waals surface area (Å²) in [5.41, 5.74) is 1.47. The van der Waals surface area contributed by atoms with E-state index in [9.17, 15) is 4.79 Å². The van der Waals surface area contributed by atoms with Crippen LogP contribution in [0.5, 0.6) is 0 Å². The van der Waals surface area contributed by atoms with Gasteiger partial charge in [-0.25, -0.2) is 0 Å². The molecule has 2 aliphatic rings. The SMILES string of the molecule is O=C(c1ccn[nH]1)N1CCC2(CC1)C[C@@H](OCc1cccnc1)CO2. The van der Waals surface area contributed by atoms with Crippen LogP contribution in [0.2, 0.25) is 0 Å². The average molecular weight is 342 g/mol. The number of nitrogens with one attached hydrogen (secondary N) is 1. The third kappa shape index (κ3) is 3.57. The molecule has 7 heteroatoms. The summed E-state index contributed by atoms with van der Waals surface area (Å²) in [6, 6.07) is 5.64. The maximum absolute atomic E-state index is 12.4. The number of hydrogen-bond donors (Lipinski definition) is 1. The maximum Gasteiger partial charge on any atom is 0.271 e. The van der Waals surface area contributed by atoms with Crippen LogP contribution in [-0.4, -0.2) is 57.4 Å². The molecule has 0 bridgehead atoms. The highest BCUT2D eigenvalue weighted by atomic mass is 16.6. The van der Waals surface area contributed by atoms with E-state index in [-0.39, 0.29) is 17.6 Å². The van der Waals surface area contributed by atoms with Gasteiger partial charge in [0.1, 0.15) is 5.69 Å². The number of nitrogens with zero attached hydrogens (tertiary/aromatic N) is 3. The van der Waals surface area contributed by atoms with E-state index in [1.54, 1.807) is 18.5 Å². The summed E-state index contributed by atoms with van der Waals surface area (Å²) in [7, 11) is 0. The molecule has 0 radical (unpaired) electrons. The quantitative estimate of drug-likeness (QED) is 0.916. The third-order valence-corrected chi connectivity index (χ3v) is 5.08. The van der Waals surface area contributed by atoms with E-state index >= 15 is 0 Å². The topological polar surface area (TPSA) is 80.3 Å². The van der Waals surface area contributed by atoms with Gasteiger partial charge in [0.2, 0.25) is 0 Å². The van der Waals surface area contributed by atoms with E-state index in [0.29, 0.717) is 32.0 Å². The lowest BCUT2D eigenvalue weighted by Gasteiger charge is -2.38. The first-order valence-corrected chi connectivity index (χ1v) is 8.67. The molecule has 1 spiro atoms. The van der Waals surface area contributed by atoms with E-state index in [0.717, 1.165) is 24.8 Å². The number of ether oxygens (including phenoxy) is 2. The summed E-state index contributed by atoms with van der Waals surface area (Å²) < 4.78 is 12.1. The van der Waals surface area contributed by atoms with E-state index in [1.165, 1.54) is 0 Å². The van der Waals surface area contributed by atoms with Crippen molar-refractivity contribution >= 4 is 5.91 Å². The first kappa shape index (κ1) is 16.2. The maximum atomic E-state index is 12.4. The second kappa shape index (κ2) is 6.93. The second-order valence-electron chi connectivity index (χ2n) is 6.75. The number of rotatable bonds is 4. The van der Waals surface area contributed by atoms with Crippen LogP contribution in [0.15, 0.2) is 36.8 Å². The minimum Gasteiger partial charge on any atom is -0.372 e. The number of carbonyl (C=O) groups excluding carboxylic acids is 1. The number of pyridine rings is 1. The molecule has 2 aliphatic heterocycles. The smallest absolute Gasteiger partial charge is 0.271 e. The highest BCUT2D eigenvalue weighted by Gasteiger charge is 2.44. The van der Waals surface area contributed by atoms with Crippen molar-refractivity contribution in [3.05, 3.63) is 48.0 Å².